The molecule has 2 aromatic rings. The fourth-order valence-corrected chi connectivity index (χ4v) is 2.13. The zero-order chi connectivity index (χ0) is 16.7. The van der Waals surface area contributed by atoms with Gasteiger partial charge < -0.3 is 19.6 Å². The van der Waals surface area contributed by atoms with E-state index in [0.29, 0.717) is 23.5 Å². The number of aliphatic hydroxyl groups excluding tert-OH is 1. The SMILES string of the molecule is C#CCOc1ccc(C(=O)NC(C)CC(O)c2ccco2)cc1. The molecule has 2 atom stereocenters. The van der Waals surface area contributed by atoms with Crippen molar-refractivity contribution in [1.82, 2.24) is 5.32 Å². The highest BCUT2D eigenvalue weighted by Gasteiger charge is 2.17. The summed E-state index contributed by atoms with van der Waals surface area (Å²) in [6.45, 7) is 2.02. The molecule has 2 rings (SSSR count). The van der Waals surface area contributed by atoms with Crippen molar-refractivity contribution in [3.05, 3.63) is 54.0 Å². The van der Waals surface area contributed by atoms with Gasteiger partial charge in [-0.25, -0.2) is 0 Å². The monoisotopic (exact) mass is 313 g/mol. The van der Waals surface area contributed by atoms with E-state index in [4.69, 9.17) is 15.6 Å². The second kappa shape index (κ2) is 8.06. The first-order valence-corrected chi connectivity index (χ1v) is 7.29. The van der Waals surface area contributed by atoms with E-state index in [1.165, 1.54) is 6.26 Å². The van der Waals surface area contributed by atoms with E-state index in [-0.39, 0.29) is 18.6 Å². The van der Waals surface area contributed by atoms with E-state index in [2.05, 4.69) is 11.2 Å². The van der Waals surface area contributed by atoms with Crippen LogP contribution in [-0.2, 0) is 0 Å². The molecule has 5 nitrogen and oxygen atoms in total. The van der Waals surface area contributed by atoms with Crippen LogP contribution < -0.4 is 10.1 Å². The van der Waals surface area contributed by atoms with Crippen molar-refractivity contribution in [2.45, 2.75) is 25.5 Å². The van der Waals surface area contributed by atoms with Gasteiger partial charge in [-0.1, -0.05) is 5.92 Å². The van der Waals surface area contributed by atoms with Gasteiger partial charge in [0.2, 0.25) is 0 Å². The summed E-state index contributed by atoms with van der Waals surface area (Å²) in [4.78, 5) is 12.2. The van der Waals surface area contributed by atoms with Crippen LogP contribution in [0.3, 0.4) is 0 Å². The number of rotatable bonds is 7. The van der Waals surface area contributed by atoms with Crippen molar-refractivity contribution in [2.75, 3.05) is 6.61 Å². The van der Waals surface area contributed by atoms with Gasteiger partial charge in [-0.15, -0.1) is 6.42 Å². The number of nitrogens with one attached hydrogen (secondary N) is 1. The van der Waals surface area contributed by atoms with E-state index < -0.39 is 6.10 Å². The Morgan fingerprint density at radius 3 is 2.74 bits per heavy atom. The van der Waals surface area contributed by atoms with Crippen molar-refractivity contribution in [2.24, 2.45) is 0 Å². The van der Waals surface area contributed by atoms with E-state index in [1.54, 1.807) is 36.4 Å². The van der Waals surface area contributed by atoms with Crippen molar-refractivity contribution in [3.8, 4) is 18.1 Å². The number of ether oxygens (including phenoxy) is 1. The van der Waals surface area contributed by atoms with Crippen LogP contribution in [-0.4, -0.2) is 23.7 Å². The molecule has 0 spiro atoms. The largest absolute Gasteiger partial charge is 0.481 e. The minimum absolute atomic E-state index is 0.188. The van der Waals surface area contributed by atoms with Crippen LogP contribution in [0.2, 0.25) is 0 Å². The van der Waals surface area contributed by atoms with E-state index in [0.717, 1.165) is 0 Å². The molecular formula is C18H19NO4. The van der Waals surface area contributed by atoms with Crippen LogP contribution in [0.15, 0.2) is 47.1 Å². The van der Waals surface area contributed by atoms with Crippen LogP contribution in [0, 0.1) is 12.3 Å². The quantitative estimate of drug-likeness (QED) is 0.771. The Bertz CT molecular complexity index is 655. The van der Waals surface area contributed by atoms with E-state index in [9.17, 15) is 9.90 Å². The summed E-state index contributed by atoms with van der Waals surface area (Å²) in [6.07, 6.45) is 6.24. The Kier molecular flexibility index (Phi) is 5.84. The molecule has 1 aromatic heterocycles. The molecule has 0 aliphatic heterocycles. The normalized spacial score (nSPS) is 12.9. The van der Waals surface area contributed by atoms with Crippen LogP contribution in [0.25, 0.3) is 0 Å². The van der Waals surface area contributed by atoms with Crippen molar-refractivity contribution >= 4 is 5.91 Å². The molecule has 0 aliphatic carbocycles. The van der Waals surface area contributed by atoms with Crippen LogP contribution in [0.1, 0.15) is 35.6 Å². The Labute approximate surface area is 135 Å². The molecule has 0 saturated heterocycles. The fourth-order valence-electron chi connectivity index (χ4n) is 2.13. The molecule has 0 radical (unpaired) electrons. The summed E-state index contributed by atoms with van der Waals surface area (Å²) >= 11 is 0. The highest BCUT2D eigenvalue weighted by molar-refractivity contribution is 5.94. The lowest BCUT2D eigenvalue weighted by atomic mass is 10.1. The first-order chi connectivity index (χ1) is 11.1. The first-order valence-electron chi connectivity index (χ1n) is 7.29. The molecule has 120 valence electrons. The third-order valence-corrected chi connectivity index (χ3v) is 3.26. The molecule has 1 aromatic carbocycles. The smallest absolute Gasteiger partial charge is 0.251 e. The molecule has 23 heavy (non-hydrogen) atoms. The lowest BCUT2D eigenvalue weighted by Gasteiger charge is -2.16. The highest BCUT2D eigenvalue weighted by Crippen LogP contribution is 2.19. The third-order valence-electron chi connectivity index (χ3n) is 3.26. The third kappa shape index (κ3) is 4.90. The Hall–Kier alpha value is -2.71. The van der Waals surface area contributed by atoms with Gasteiger partial charge in [-0.3, -0.25) is 4.79 Å². The zero-order valence-electron chi connectivity index (χ0n) is 12.9. The molecule has 5 heteroatoms. The van der Waals surface area contributed by atoms with Gasteiger partial charge in [-0.2, -0.15) is 0 Å². The van der Waals surface area contributed by atoms with Gasteiger partial charge >= 0.3 is 0 Å². The number of terminal acetylenes is 1. The summed E-state index contributed by atoms with van der Waals surface area (Å²) in [7, 11) is 0. The second-order valence-corrected chi connectivity index (χ2v) is 5.16. The number of carbonyl (C=O) groups excluding carboxylic acids is 1. The van der Waals surface area contributed by atoms with Gasteiger partial charge in [0.05, 0.1) is 6.26 Å². The topological polar surface area (TPSA) is 71.7 Å². The molecule has 0 aliphatic rings. The summed E-state index contributed by atoms with van der Waals surface area (Å²) < 4.78 is 10.4. The van der Waals surface area contributed by atoms with Gasteiger partial charge in [0.1, 0.15) is 24.2 Å². The first kappa shape index (κ1) is 16.7. The number of carbonyl (C=O) groups is 1. The maximum Gasteiger partial charge on any atom is 0.251 e. The lowest BCUT2D eigenvalue weighted by molar-refractivity contribution is 0.0903. The number of furan rings is 1. The maximum atomic E-state index is 12.2. The fraction of sp³-hybridized carbons (Fsp3) is 0.278. The highest BCUT2D eigenvalue weighted by atomic mass is 16.5. The number of benzene rings is 1. The van der Waals surface area contributed by atoms with E-state index in [1.807, 2.05) is 6.92 Å². The average Bonchev–Trinajstić information content (AvgIpc) is 3.07. The number of hydrogen-bond acceptors (Lipinski definition) is 4. The van der Waals surface area contributed by atoms with E-state index >= 15 is 0 Å². The molecule has 1 heterocycles. The summed E-state index contributed by atoms with van der Waals surface area (Å²) in [5, 5.41) is 12.8. The van der Waals surface area contributed by atoms with Gasteiger partial charge in [0, 0.05) is 18.0 Å². The number of hydrogen-bond donors (Lipinski definition) is 2. The van der Waals surface area contributed by atoms with Gasteiger partial charge in [-0.05, 0) is 43.3 Å². The molecular weight excluding hydrogens is 294 g/mol. The Morgan fingerprint density at radius 1 is 1.39 bits per heavy atom. The Morgan fingerprint density at radius 2 is 2.13 bits per heavy atom. The maximum absolute atomic E-state index is 12.2. The number of aliphatic hydroxyl groups is 1. The minimum Gasteiger partial charge on any atom is -0.481 e. The van der Waals surface area contributed by atoms with Crippen molar-refractivity contribution in [3.63, 3.8) is 0 Å². The summed E-state index contributed by atoms with van der Waals surface area (Å²) in [6, 6.07) is 9.91. The molecule has 0 saturated carbocycles. The van der Waals surface area contributed by atoms with Crippen molar-refractivity contribution < 1.29 is 19.1 Å². The minimum atomic E-state index is -0.750. The van der Waals surface area contributed by atoms with Crippen LogP contribution in [0.4, 0.5) is 0 Å². The number of amides is 1. The zero-order valence-corrected chi connectivity index (χ0v) is 12.9. The summed E-state index contributed by atoms with van der Waals surface area (Å²) in [5.41, 5.74) is 0.511. The predicted molar refractivity (Wildman–Crippen MR) is 86.0 cm³/mol. The molecule has 0 fully saturated rings. The second-order valence-electron chi connectivity index (χ2n) is 5.16. The standard InChI is InChI=1S/C18H19NO4/c1-3-10-22-15-8-6-14(7-9-15)18(21)19-13(2)12-16(20)17-5-4-11-23-17/h1,4-9,11,13,16,20H,10,12H2,2H3,(H,19,21). The van der Waals surface area contributed by atoms with Crippen molar-refractivity contribution in [1.29, 1.82) is 0 Å². The molecule has 2 N–H and O–H groups in total. The van der Waals surface area contributed by atoms with Gasteiger partial charge in [0.15, 0.2) is 0 Å². The Balaban J connectivity index is 1.87. The molecule has 0 bridgehead atoms. The van der Waals surface area contributed by atoms with Crippen LogP contribution >= 0.6 is 0 Å². The lowest BCUT2D eigenvalue weighted by Crippen LogP contribution is -2.33. The average molecular weight is 313 g/mol. The summed E-state index contributed by atoms with van der Waals surface area (Å²) in [5.74, 6) is 3.26. The molecule has 2 unspecified atom stereocenters. The van der Waals surface area contributed by atoms with Crippen LogP contribution in [0.5, 0.6) is 5.75 Å². The predicted octanol–water partition coefficient (Wildman–Crippen LogP) is 2.53. The molecule has 1 amide bonds. The van der Waals surface area contributed by atoms with Gasteiger partial charge in [0.25, 0.3) is 5.91 Å².